The Balaban J connectivity index is 2.44. The van der Waals surface area contributed by atoms with Crippen LogP contribution in [-0.4, -0.2) is 95.4 Å². The Morgan fingerprint density at radius 2 is 1.00 bits per heavy atom. The number of ether oxygens (including phenoxy) is 2. The third-order valence-electron chi connectivity index (χ3n) is 12.6. The van der Waals surface area contributed by atoms with Gasteiger partial charge in [-0.15, -0.1) is 0 Å². The maximum absolute atomic E-state index is 13.1. The predicted octanol–water partition coefficient (Wildman–Crippen LogP) is 11.1. The normalized spacial score (nSPS) is 20.4. The molecule has 0 saturated carbocycles. The van der Waals surface area contributed by atoms with Crippen molar-refractivity contribution in [2.75, 3.05) is 13.2 Å². The van der Waals surface area contributed by atoms with Gasteiger partial charge in [0.15, 0.2) is 6.29 Å². The number of unbranched alkanes of at least 4 members (excludes halogenated alkanes) is 33. The number of aliphatic hydroxyl groups excluding tert-OH is 4. The maximum atomic E-state index is 13.1. The van der Waals surface area contributed by atoms with Crippen molar-refractivity contribution in [1.29, 1.82) is 0 Å². The van der Waals surface area contributed by atoms with Crippen molar-refractivity contribution in [2.45, 2.75) is 288 Å². The molecule has 13 heteroatoms. The van der Waals surface area contributed by atoms with Crippen molar-refractivity contribution < 1.29 is 51.8 Å². The lowest BCUT2D eigenvalue weighted by atomic mass is 9.99. The molecule has 0 aromatic heterocycles. The van der Waals surface area contributed by atoms with Crippen LogP contribution in [0.4, 0.5) is 0 Å². The van der Waals surface area contributed by atoms with E-state index < -0.39 is 59.9 Å². The lowest BCUT2D eigenvalue weighted by Crippen LogP contribution is -2.61. The molecule has 1 aliphatic heterocycles. The van der Waals surface area contributed by atoms with Crippen LogP contribution in [0.25, 0.3) is 0 Å². The first-order valence-electron chi connectivity index (χ1n) is 26.1. The molecule has 1 saturated heterocycles. The number of amides is 1. The van der Waals surface area contributed by atoms with Gasteiger partial charge in [-0.25, -0.2) is 4.18 Å². The Hall–Kier alpha value is -1.16. The molecule has 0 aromatic carbocycles. The van der Waals surface area contributed by atoms with Crippen LogP contribution in [0.3, 0.4) is 0 Å². The predicted molar refractivity (Wildman–Crippen MR) is 255 cm³/mol. The molecule has 1 amide bonds. The number of aliphatic hydroxyl groups is 4. The van der Waals surface area contributed by atoms with Crippen LogP contribution in [-0.2, 0) is 28.9 Å². The van der Waals surface area contributed by atoms with Crippen LogP contribution in [0.5, 0.6) is 0 Å². The van der Waals surface area contributed by atoms with E-state index in [0.29, 0.717) is 6.42 Å². The minimum atomic E-state index is -5.08. The Kier molecular flexibility index (Phi) is 39.0. The standard InChI is InChI=1S/C50H97NO11S/c1-3-5-7-9-11-13-15-17-19-20-21-22-23-24-26-27-29-31-33-35-37-39-44(53)43(42-60-50-48(56)49(62-63(57,58)59)47(55)45(41-52)61-50)51-46(54)40-38-36-34-32-30-28-25-18-16-14-12-10-8-6-4-2/h37,39,43-45,47-50,52-53,55-56H,3-36,38,40-42H2,1-2H3,(H,51,54)(H,57,58,59)/b39-37+. The molecular formula is C50H97NO11S. The number of rotatable bonds is 45. The van der Waals surface area contributed by atoms with Gasteiger partial charge in [0.25, 0.3) is 0 Å². The SMILES string of the molecule is CCCCCCCCCCCCCCCCCCCCC/C=C/C(O)C(COC1OC(CO)C(O)C(OS(=O)(=O)O)C1O)NC(=O)CCCCCCCCCCCCCCCCC. The summed E-state index contributed by atoms with van der Waals surface area (Å²) >= 11 is 0. The number of hydrogen-bond donors (Lipinski definition) is 6. The van der Waals surface area contributed by atoms with E-state index in [-0.39, 0.29) is 18.9 Å². The van der Waals surface area contributed by atoms with Gasteiger partial charge in [0, 0.05) is 6.42 Å². The zero-order valence-corrected chi connectivity index (χ0v) is 41.0. The van der Waals surface area contributed by atoms with E-state index in [9.17, 15) is 38.2 Å². The van der Waals surface area contributed by atoms with Crippen LogP contribution >= 0.6 is 0 Å². The molecule has 63 heavy (non-hydrogen) atoms. The second kappa shape index (κ2) is 41.1. The fourth-order valence-corrected chi connectivity index (χ4v) is 9.02. The average molecular weight is 920 g/mol. The summed E-state index contributed by atoms with van der Waals surface area (Å²) in [6.07, 6.45) is 38.2. The molecule has 1 aliphatic rings. The minimum absolute atomic E-state index is 0.258. The van der Waals surface area contributed by atoms with E-state index in [4.69, 9.17) is 9.47 Å². The van der Waals surface area contributed by atoms with E-state index in [1.54, 1.807) is 6.08 Å². The number of allylic oxidation sites excluding steroid dienone is 1. The van der Waals surface area contributed by atoms with Gasteiger partial charge in [-0.3, -0.25) is 9.35 Å². The van der Waals surface area contributed by atoms with E-state index in [0.717, 1.165) is 38.5 Å². The summed E-state index contributed by atoms with van der Waals surface area (Å²) in [6, 6.07) is -0.939. The fraction of sp³-hybridized carbons (Fsp3) is 0.940. The first-order chi connectivity index (χ1) is 30.5. The Labute approximate surface area is 385 Å². The maximum Gasteiger partial charge on any atom is 0.397 e. The van der Waals surface area contributed by atoms with Crippen LogP contribution in [0.1, 0.15) is 245 Å². The molecule has 1 fully saturated rings. The highest BCUT2D eigenvalue weighted by molar-refractivity contribution is 7.80. The number of hydrogen-bond acceptors (Lipinski definition) is 10. The molecule has 0 spiro atoms. The Morgan fingerprint density at radius 1 is 0.619 bits per heavy atom. The van der Waals surface area contributed by atoms with Gasteiger partial charge in [-0.2, -0.15) is 8.42 Å². The highest BCUT2D eigenvalue weighted by Gasteiger charge is 2.48. The molecule has 0 radical (unpaired) electrons. The first-order valence-corrected chi connectivity index (χ1v) is 27.4. The summed E-state index contributed by atoms with van der Waals surface area (Å²) in [6.45, 7) is 3.42. The molecular weight excluding hydrogens is 823 g/mol. The molecule has 0 aliphatic carbocycles. The van der Waals surface area contributed by atoms with Crippen molar-refractivity contribution in [3.8, 4) is 0 Å². The molecule has 0 aromatic rings. The summed E-state index contributed by atoms with van der Waals surface area (Å²) in [5.74, 6) is -0.258. The van der Waals surface area contributed by atoms with Crippen molar-refractivity contribution in [2.24, 2.45) is 0 Å². The van der Waals surface area contributed by atoms with Gasteiger partial charge < -0.3 is 35.2 Å². The highest BCUT2D eigenvalue weighted by Crippen LogP contribution is 2.26. The zero-order chi connectivity index (χ0) is 46.2. The monoisotopic (exact) mass is 920 g/mol. The van der Waals surface area contributed by atoms with E-state index in [1.165, 1.54) is 180 Å². The Bertz CT molecular complexity index is 1180. The summed E-state index contributed by atoms with van der Waals surface area (Å²) in [7, 11) is -5.08. The molecule has 7 unspecified atom stereocenters. The lowest BCUT2D eigenvalue weighted by Gasteiger charge is -2.41. The van der Waals surface area contributed by atoms with Gasteiger partial charge in [-0.1, -0.05) is 231 Å². The largest absolute Gasteiger partial charge is 0.397 e. The second-order valence-electron chi connectivity index (χ2n) is 18.5. The van der Waals surface area contributed by atoms with Gasteiger partial charge in [0.05, 0.1) is 25.4 Å². The van der Waals surface area contributed by atoms with Crippen LogP contribution in [0.15, 0.2) is 12.2 Å². The topological polar surface area (TPSA) is 192 Å². The van der Waals surface area contributed by atoms with Crippen molar-refractivity contribution >= 4 is 16.3 Å². The van der Waals surface area contributed by atoms with Crippen molar-refractivity contribution in [1.82, 2.24) is 5.32 Å². The molecule has 12 nitrogen and oxygen atoms in total. The molecule has 1 heterocycles. The van der Waals surface area contributed by atoms with E-state index in [2.05, 4.69) is 23.3 Å². The fourth-order valence-electron chi connectivity index (χ4n) is 8.52. The number of carbonyl (C=O) groups excluding carboxylic acids is 1. The quantitative estimate of drug-likeness (QED) is 0.0193. The summed E-state index contributed by atoms with van der Waals surface area (Å²) in [4.78, 5) is 13.1. The lowest BCUT2D eigenvalue weighted by molar-refractivity contribution is -0.298. The summed E-state index contributed by atoms with van der Waals surface area (Å²) in [5, 5.41) is 44.8. The average Bonchev–Trinajstić information content (AvgIpc) is 3.25. The third-order valence-corrected chi connectivity index (χ3v) is 13.0. The van der Waals surface area contributed by atoms with Gasteiger partial charge in [-0.05, 0) is 19.3 Å². The minimum Gasteiger partial charge on any atom is -0.394 e. The molecule has 6 N–H and O–H groups in total. The number of nitrogens with one attached hydrogen (secondary N) is 1. The van der Waals surface area contributed by atoms with E-state index in [1.807, 2.05) is 6.08 Å². The molecule has 1 rings (SSSR count). The van der Waals surface area contributed by atoms with Crippen molar-refractivity contribution in [3.05, 3.63) is 12.2 Å². The molecule has 374 valence electrons. The van der Waals surface area contributed by atoms with Gasteiger partial charge in [0.2, 0.25) is 5.91 Å². The van der Waals surface area contributed by atoms with E-state index >= 15 is 0 Å². The smallest absolute Gasteiger partial charge is 0.394 e. The van der Waals surface area contributed by atoms with Crippen molar-refractivity contribution in [3.63, 3.8) is 0 Å². The highest BCUT2D eigenvalue weighted by atomic mass is 32.3. The summed E-state index contributed by atoms with van der Waals surface area (Å²) in [5.41, 5.74) is 0. The van der Waals surface area contributed by atoms with Crippen LogP contribution in [0.2, 0.25) is 0 Å². The van der Waals surface area contributed by atoms with Crippen LogP contribution in [0, 0.1) is 0 Å². The summed E-state index contributed by atoms with van der Waals surface area (Å²) < 4.78 is 47.7. The van der Waals surface area contributed by atoms with Gasteiger partial charge in [0.1, 0.15) is 24.4 Å². The van der Waals surface area contributed by atoms with Gasteiger partial charge >= 0.3 is 10.4 Å². The zero-order valence-electron chi connectivity index (χ0n) is 40.2. The van der Waals surface area contributed by atoms with Crippen LogP contribution < -0.4 is 5.32 Å². The molecule has 7 atom stereocenters. The third kappa shape index (κ3) is 33.9. The number of carbonyl (C=O) groups is 1. The molecule has 0 bridgehead atoms. The first kappa shape index (κ1) is 59.9. The Morgan fingerprint density at radius 3 is 1.38 bits per heavy atom. The second-order valence-corrected chi connectivity index (χ2v) is 19.5.